The molecule has 1 atom stereocenters. The zero-order chi connectivity index (χ0) is 20.3. The van der Waals surface area contributed by atoms with Gasteiger partial charge in [0.2, 0.25) is 15.0 Å². The van der Waals surface area contributed by atoms with Gasteiger partial charge in [-0.25, -0.2) is 13.4 Å². The van der Waals surface area contributed by atoms with Crippen LogP contribution in [0.1, 0.15) is 42.7 Å². The first kappa shape index (κ1) is 20.7. The van der Waals surface area contributed by atoms with Crippen LogP contribution in [0.5, 0.6) is 0 Å². The fourth-order valence-electron chi connectivity index (χ4n) is 3.85. The fourth-order valence-corrected chi connectivity index (χ4v) is 4.69. The second-order valence-electron chi connectivity index (χ2n) is 8.11. The lowest BCUT2D eigenvalue weighted by Gasteiger charge is -2.32. The zero-order valence-electron chi connectivity index (χ0n) is 16.8. The topological polar surface area (TPSA) is 72.3 Å². The van der Waals surface area contributed by atoms with Crippen molar-refractivity contribution < 1.29 is 13.2 Å². The van der Waals surface area contributed by atoms with E-state index in [-0.39, 0.29) is 16.9 Å². The standard InChI is InChI=1S/C21H29N3O3S/c1-16(2)13-24-19(12-22-21(24)28(3,26)27)15-23-11-7-10-18(14-23)20(25)17-8-5-4-6-9-17/h4-6,8-9,12,16,18H,7,10-11,13-15H2,1-3H3. The first-order valence-corrected chi connectivity index (χ1v) is 11.7. The number of carbonyl (C=O) groups is 1. The maximum atomic E-state index is 12.8. The molecule has 0 bridgehead atoms. The van der Waals surface area contributed by atoms with Crippen LogP contribution in [-0.4, -0.2) is 48.0 Å². The van der Waals surface area contributed by atoms with E-state index in [1.807, 2.05) is 34.9 Å². The first-order valence-electron chi connectivity index (χ1n) is 9.81. The number of imidazole rings is 1. The quantitative estimate of drug-likeness (QED) is 0.665. The van der Waals surface area contributed by atoms with Gasteiger partial charge in [0.15, 0.2) is 5.78 Å². The molecule has 0 N–H and O–H groups in total. The van der Waals surface area contributed by atoms with Crippen molar-refractivity contribution in [2.24, 2.45) is 11.8 Å². The first-order chi connectivity index (χ1) is 13.3. The number of piperidine rings is 1. The molecule has 2 aromatic rings. The van der Waals surface area contributed by atoms with Crippen LogP contribution in [0.3, 0.4) is 0 Å². The van der Waals surface area contributed by atoms with Crippen LogP contribution in [0, 0.1) is 11.8 Å². The molecule has 2 heterocycles. The van der Waals surface area contributed by atoms with Crippen molar-refractivity contribution in [2.75, 3.05) is 19.3 Å². The van der Waals surface area contributed by atoms with Crippen molar-refractivity contribution in [1.82, 2.24) is 14.5 Å². The van der Waals surface area contributed by atoms with Gasteiger partial charge >= 0.3 is 0 Å². The Bertz CT molecular complexity index is 920. The Morgan fingerprint density at radius 3 is 2.61 bits per heavy atom. The van der Waals surface area contributed by atoms with E-state index in [1.165, 1.54) is 6.26 Å². The van der Waals surface area contributed by atoms with Gasteiger partial charge in [0.25, 0.3) is 0 Å². The van der Waals surface area contributed by atoms with Crippen LogP contribution in [-0.2, 0) is 22.9 Å². The third kappa shape index (κ3) is 4.89. The van der Waals surface area contributed by atoms with Gasteiger partial charge in [0, 0.05) is 37.4 Å². The molecule has 1 unspecified atom stereocenters. The highest BCUT2D eigenvalue weighted by Gasteiger charge is 2.28. The smallest absolute Gasteiger partial charge is 0.227 e. The fraction of sp³-hybridized carbons (Fsp3) is 0.524. The van der Waals surface area contributed by atoms with Gasteiger partial charge in [-0.2, -0.15) is 0 Å². The number of rotatable bonds is 7. The minimum Gasteiger partial charge on any atom is -0.317 e. The molecule has 0 amide bonds. The number of sulfone groups is 1. The monoisotopic (exact) mass is 403 g/mol. The zero-order valence-corrected chi connectivity index (χ0v) is 17.7. The Kier molecular flexibility index (Phi) is 6.35. The average Bonchev–Trinajstić information content (AvgIpc) is 3.04. The van der Waals surface area contributed by atoms with Crippen molar-refractivity contribution >= 4 is 15.6 Å². The molecule has 1 aliphatic rings. The molecule has 0 saturated carbocycles. The number of benzene rings is 1. The summed E-state index contributed by atoms with van der Waals surface area (Å²) >= 11 is 0. The molecule has 1 aliphatic heterocycles. The highest BCUT2D eigenvalue weighted by molar-refractivity contribution is 7.90. The molecule has 28 heavy (non-hydrogen) atoms. The molecular weight excluding hydrogens is 374 g/mol. The summed E-state index contributed by atoms with van der Waals surface area (Å²) in [6.45, 7) is 6.93. The normalized spacial score (nSPS) is 18.5. The highest BCUT2D eigenvalue weighted by Crippen LogP contribution is 2.23. The number of hydrogen-bond donors (Lipinski definition) is 0. The van der Waals surface area contributed by atoms with E-state index in [0.717, 1.165) is 30.6 Å². The van der Waals surface area contributed by atoms with E-state index in [9.17, 15) is 13.2 Å². The largest absolute Gasteiger partial charge is 0.317 e. The molecule has 152 valence electrons. The van der Waals surface area contributed by atoms with Crippen LogP contribution in [0.15, 0.2) is 41.7 Å². The molecule has 0 spiro atoms. The lowest BCUT2D eigenvalue weighted by atomic mass is 9.90. The van der Waals surface area contributed by atoms with Crippen molar-refractivity contribution in [3.63, 3.8) is 0 Å². The molecule has 1 saturated heterocycles. The third-order valence-electron chi connectivity index (χ3n) is 5.10. The Hall–Kier alpha value is -1.99. The van der Waals surface area contributed by atoms with Gasteiger partial charge in [-0.3, -0.25) is 9.69 Å². The number of hydrogen-bond acceptors (Lipinski definition) is 5. The molecule has 0 radical (unpaired) electrons. The van der Waals surface area contributed by atoms with Gasteiger partial charge in [-0.1, -0.05) is 44.2 Å². The Balaban J connectivity index is 1.76. The molecule has 6 nitrogen and oxygen atoms in total. The van der Waals surface area contributed by atoms with Crippen LogP contribution in [0.4, 0.5) is 0 Å². The van der Waals surface area contributed by atoms with E-state index in [1.54, 1.807) is 6.20 Å². The van der Waals surface area contributed by atoms with Crippen molar-refractivity contribution in [1.29, 1.82) is 0 Å². The molecule has 1 aromatic heterocycles. The maximum absolute atomic E-state index is 12.8. The van der Waals surface area contributed by atoms with E-state index in [2.05, 4.69) is 23.7 Å². The number of ketones is 1. The summed E-state index contributed by atoms with van der Waals surface area (Å²) in [6.07, 6.45) is 4.72. The maximum Gasteiger partial charge on any atom is 0.227 e. The van der Waals surface area contributed by atoms with Crippen LogP contribution in [0.25, 0.3) is 0 Å². The van der Waals surface area contributed by atoms with E-state index >= 15 is 0 Å². The predicted octanol–water partition coefficient (Wildman–Crippen LogP) is 3.04. The molecule has 7 heteroatoms. The molecule has 1 aromatic carbocycles. The second kappa shape index (κ2) is 8.57. The summed E-state index contributed by atoms with van der Waals surface area (Å²) in [6, 6.07) is 9.45. The van der Waals surface area contributed by atoms with E-state index in [0.29, 0.717) is 25.6 Å². The van der Waals surface area contributed by atoms with Crippen LogP contribution in [0.2, 0.25) is 0 Å². The average molecular weight is 404 g/mol. The number of Topliss-reactive ketones (excluding diaryl/α,β-unsaturated/α-hetero) is 1. The van der Waals surface area contributed by atoms with Gasteiger partial charge in [0.1, 0.15) is 0 Å². The minimum atomic E-state index is -3.38. The summed E-state index contributed by atoms with van der Waals surface area (Å²) in [7, 11) is -3.38. The number of aromatic nitrogens is 2. The second-order valence-corrected chi connectivity index (χ2v) is 10.0. The van der Waals surface area contributed by atoms with Crippen LogP contribution < -0.4 is 0 Å². The Morgan fingerprint density at radius 1 is 1.25 bits per heavy atom. The van der Waals surface area contributed by atoms with Gasteiger partial charge in [-0.15, -0.1) is 0 Å². The summed E-state index contributed by atoms with van der Waals surface area (Å²) in [5, 5.41) is 0.130. The van der Waals surface area contributed by atoms with Crippen molar-refractivity contribution in [3.05, 3.63) is 47.8 Å². The molecular formula is C21H29N3O3S. The minimum absolute atomic E-state index is 0.0213. The lowest BCUT2D eigenvalue weighted by molar-refractivity contribution is 0.0808. The van der Waals surface area contributed by atoms with Gasteiger partial charge in [0.05, 0.1) is 11.9 Å². The van der Waals surface area contributed by atoms with Crippen LogP contribution >= 0.6 is 0 Å². The van der Waals surface area contributed by atoms with Gasteiger partial charge < -0.3 is 4.57 Å². The van der Waals surface area contributed by atoms with E-state index in [4.69, 9.17) is 0 Å². The molecule has 1 fully saturated rings. The van der Waals surface area contributed by atoms with Crippen molar-refractivity contribution in [3.8, 4) is 0 Å². The summed E-state index contributed by atoms with van der Waals surface area (Å²) in [4.78, 5) is 19.3. The highest BCUT2D eigenvalue weighted by atomic mass is 32.2. The Labute approximate surface area is 167 Å². The Morgan fingerprint density at radius 2 is 1.96 bits per heavy atom. The summed E-state index contributed by atoms with van der Waals surface area (Å²) < 4.78 is 26.0. The third-order valence-corrected chi connectivity index (χ3v) is 6.09. The SMILES string of the molecule is CC(C)Cn1c(CN2CCCC(C(=O)c3ccccc3)C2)cnc1S(C)(=O)=O. The van der Waals surface area contributed by atoms with Gasteiger partial charge in [-0.05, 0) is 25.3 Å². The lowest BCUT2D eigenvalue weighted by Crippen LogP contribution is -2.38. The summed E-state index contributed by atoms with van der Waals surface area (Å²) in [5.41, 5.74) is 1.65. The predicted molar refractivity (Wildman–Crippen MR) is 109 cm³/mol. The molecule has 3 rings (SSSR count). The number of likely N-dealkylation sites (tertiary alicyclic amines) is 1. The van der Waals surface area contributed by atoms with E-state index < -0.39 is 9.84 Å². The molecule has 0 aliphatic carbocycles. The summed E-state index contributed by atoms with van der Waals surface area (Å²) in [5.74, 6) is 0.479. The number of carbonyl (C=O) groups excluding carboxylic acids is 1. The van der Waals surface area contributed by atoms with Crippen molar-refractivity contribution in [2.45, 2.75) is 44.9 Å². The number of nitrogens with zero attached hydrogens (tertiary/aromatic N) is 3.